The highest BCUT2D eigenvalue weighted by atomic mass is 32.2. The average molecular weight is 1120 g/mol. The van der Waals surface area contributed by atoms with Crippen molar-refractivity contribution in [2.75, 3.05) is 18.7 Å². The summed E-state index contributed by atoms with van der Waals surface area (Å²) in [6.07, 6.45) is 0. The van der Waals surface area contributed by atoms with Crippen LogP contribution in [0.25, 0.3) is 0 Å². The summed E-state index contributed by atoms with van der Waals surface area (Å²) in [5, 5.41) is 10.00. The molecule has 2 N–H and O–H groups in total. The fourth-order valence-electron chi connectivity index (χ4n) is 9.53. The van der Waals surface area contributed by atoms with Gasteiger partial charge in [0.1, 0.15) is 29.3 Å². The van der Waals surface area contributed by atoms with Crippen LogP contribution in [0.5, 0.6) is 5.75 Å². The van der Waals surface area contributed by atoms with Gasteiger partial charge in [0.25, 0.3) is 11.8 Å². The van der Waals surface area contributed by atoms with Crippen LogP contribution in [0.4, 0.5) is 13.2 Å². The smallest absolute Gasteiger partial charge is 0.497 e. The van der Waals surface area contributed by atoms with Crippen molar-refractivity contribution in [2.24, 2.45) is 5.16 Å². The Balaban J connectivity index is 1.06. The molecule has 0 aromatic heterocycles. The number of hydrogen-bond donors (Lipinski definition) is 2. The van der Waals surface area contributed by atoms with Crippen LogP contribution in [0, 0.1) is 0 Å². The Morgan fingerprint density at radius 2 is 1.15 bits per heavy atom. The summed E-state index contributed by atoms with van der Waals surface area (Å²) in [5.74, 6) is -4.16. The minimum absolute atomic E-state index is 0.230. The Hall–Kier alpha value is -8.30. The molecule has 1 saturated heterocycles. The normalized spacial score (nSPS) is 16.8. The number of alkyl halides is 3. The van der Waals surface area contributed by atoms with Crippen LogP contribution < -0.4 is 15.5 Å². The lowest BCUT2D eigenvalue weighted by Gasteiger charge is -2.49. The SMILES string of the molecule is COc1ccc(COC(=O)C2=C(OS(=O)(=O)C(F)(F)F)CS[C@H]3[C@H](NC(=O)C(=NOC(c4ccccc4)(c4ccccc4)c4ccccc4)C4=CSCN4NC(c4ccccc4)(c4ccccc4)c4ccccc4)C(=O)N23)cc1. The summed E-state index contributed by atoms with van der Waals surface area (Å²) < 4.78 is 81.4. The van der Waals surface area contributed by atoms with Crippen molar-refractivity contribution in [1.82, 2.24) is 20.7 Å². The van der Waals surface area contributed by atoms with Gasteiger partial charge in [0, 0.05) is 22.1 Å². The van der Waals surface area contributed by atoms with Crippen molar-refractivity contribution in [3.63, 3.8) is 0 Å². The molecule has 402 valence electrons. The number of hydrogen-bond acceptors (Lipinski definition) is 14. The number of hydrazine groups is 1. The molecule has 0 spiro atoms. The zero-order valence-corrected chi connectivity index (χ0v) is 44.3. The van der Waals surface area contributed by atoms with Crippen molar-refractivity contribution in [1.29, 1.82) is 0 Å². The maximum absolute atomic E-state index is 15.5. The number of ether oxygens (including phenoxy) is 2. The van der Waals surface area contributed by atoms with E-state index < -0.39 is 79.8 Å². The highest BCUT2D eigenvalue weighted by Crippen LogP contribution is 2.45. The molecular formula is C59H48F3N5O9S3. The van der Waals surface area contributed by atoms with Crippen LogP contribution in [-0.4, -0.2) is 77.5 Å². The van der Waals surface area contributed by atoms with E-state index in [2.05, 4.69) is 14.9 Å². The van der Waals surface area contributed by atoms with Gasteiger partial charge in [-0.2, -0.15) is 21.6 Å². The largest absolute Gasteiger partial charge is 0.534 e. The maximum Gasteiger partial charge on any atom is 0.534 e. The summed E-state index contributed by atoms with van der Waals surface area (Å²) in [5.41, 5.74) is -0.650. The molecule has 2 atom stereocenters. The van der Waals surface area contributed by atoms with Crippen LogP contribution in [0.1, 0.15) is 38.9 Å². The van der Waals surface area contributed by atoms with E-state index in [-0.39, 0.29) is 17.3 Å². The first-order valence-electron chi connectivity index (χ1n) is 24.5. The first-order valence-corrected chi connectivity index (χ1v) is 28.0. The predicted molar refractivity (Wildman–Crippen MR) is 293 cm³/mol. The second-order valence-corrected chi connectivity index (χ2v) is 21.5. The molecule has 3 aliphatic heterocycles. The van der Waals surface area contributed by atoms with Gasteiger partial charge in [0.05, 0.1) is 24.4 Å². The average Bonchev–Trinajstić information content (AvgIpc) is 4.12. The minimum atomic E-state index is -6.33. The molecular weight excluding hydrogens is 1080 g/mol. The van der Waals surface area contributed by atoms with Crippen molar-refractivity contribution in [3.05, 3.63) is 268 Å². The maximum atomic E-state index is 15.5. The zero-order chi connectivity index (χ0) is 55.2. The van der Waals surface area contributed by atoms with E-state index >= 15 is 4.79 Å². The van der Waals surface area contributed by atoms with Gasteiger partial charge < -0.3 is 23.8 Å². The van der Waals surface area contributed by atoms with Crippen LogP contribution in [0.3, 0.4) is 0 Å². The summed E-state index contributed by atoms with van der Waals surface area (Å²) in [4.78, 5) is 51.8. The van der Waals surface area contributed by atoms with E-state index in [1.54, 1.807) is 34.7 Å². The third-order valence-corrected chi connectivity index (χ3v) is 16.4. The Labute approximate surface area is 462 Å². The lowest BCUT2D eigenvalue weighted by atomic mass is 9.77. The van der Waals surface area contributed by atoms with Gasteiger partial charge in [0.2, 0.25) is 5.60 Å². The summed E-state index contributed by atoms with van der Waals surface area (Å²) >= 11 is 2.12. The number of esters is 1. The molecule has 2 amide bonds. The Morgan fingerprint density at radius 3 is 1.61 bits per heavy atom. The van der Waals surface area contributed by atoms with Gasteiger partial charge >= 0.3 is 21.6 Å². The zero-order valence-electron chi connectivity index (χ0n) is 41.9. The second kappa shape index (κ2) is 23.0. The number of oxime groups is 1. The molecule has 14 nitrogen and oxygen atoms in total. The van der Waals surface area contributed by atoms with Gasteiger partial charge in [-0.15, -0.1) is 23.5 Å². The van der Waals surface area contributed by atoms with Gasteiger partial charge in [-0.05, 0) is 34.4 Å². The lowest BCUT2D eigenvalue weighted by molar-refractivity contribution is -0.153. The third kappa shape index (κ3) is 10.7. The molecule has 0 aliphatic carbocycles. The number of halogens is 3. The third-order valence-electron chi connectivity index (χ3n) is 13.3. The topological polar surface area (TPSA) is 165 Å². The number of β-lactam (4-membered cyclic amide) rings is 1. The number of methoxy groups -OCH3 is 1. The number of carbonyl (C=O) groups is 3. The van der Waals surface area contributed by atoms with Crippen molar-refractivity contribution in [2.45, 2.75) is 34.7 Å². The number of nitrogens with zero attached hydrogens (tertiary/aromatic N) is 3. The minimum Gasteiger partial charge on any atom is -0.497 e. The molecule has 7 aromatic carbocycles. The quantitative estimate of drug-likeness (QED) is 0.0150. The molecule has 3 aliphatic rings. The molecule has 0 saturated carbocycles. The number of fused-ring (bicyclic) bond motifs is 1. The number of amides is 2. The standard InChI is InChI=1S/C59H48F3N5O9S3/c1-73-47-34-32-40(33-35-47)36-74-56(70)52-49(75-79(71,72)59(60,61)62)38-78-55-51(54(69)67(52)55)63-53(68)50(64-76-58(44-26-14-5-15-27-44,45-28-16-6-17-29-45)46-30-18-7-19-31-46)48-37-77-39-66(48)65-57(41-20-8-2-9-21-41,42-22-10-3-11-23-42)43-24-12-4-13-25-43/h2-35,37,51,55,65H,36,38-39H2,1H3,(H,63,68)/t51-,55+/m1/s1. The van der Waals surface area contributed by atoms with Crippen molar-refractivity contribution in [3.8, 4) is 5.75 Å². The lowest BCUT2D eigenvalue weighted by Crippen LogP contribution is -2.71. The van der Waals surface area contributed by atoms with E-state index in [0.717, 1.165) is 33.4 Å². The molecule has 10 rings (SSSR count). The number of carbonyl (C=O) groups excluding carboxylic acids is 3. The van der Waals surface area contributed by atoms with Crippen molar-refractivity contribution >= 4 is 57.1 Å². The monoisotopic (exact) mass is 1120 g/mol. The van der Waals surface area contributed by atoms with Crippen LogP contribution >= 0.6 is 23.5 Å². The Morgan fingerprint density at radius 1 is 0.684 bits per heavy atom. The molecule has 0 radical (unpaired) electrons. The summed E-state index contributed by atoms with van der Waals surface area (Å²) in [6.45, 7) is -0.431. The molecule has 0 bridgehead atoms. The fourth-order valence-corrected chi connectivity index (χ4v) is 12.2. The molecule has 0 unspecified atom stereocenters. The van der Waals surface area contributed by atoms with Crippen molar-refractivity contribution < 1.29 is 54.5 Å². The number of thioether (sulfide) groups is 2. The highest BCUT2D eigenvalue weighted by Gasteiger charge is 2.58. The van der Waals surface area contributed by atoms with Gasteiger partial charge in [-0.3, -0.25) is 19.5 Å². The van der Waals surface area contributed by atoms with Gasteiger partial charge in [-0.25, -0.2) is 10.2 Å². The van der Waals surface area contributed by atoms with Gasteiger partial charge in [-0.1, -0.05) is 199 Å². The molecule has 79 heavy (non-hydrogen) atoms. The van der Waals surface area contributed by atoms with Gasteiger partial charge in [0.15, 0.2) is 17.2 Å². The number of benzene rings is 7. The van der Waals surface area contributed by atoms with Crippen LogP contribution in [-0.2, 0) is 56.0 Å². The van der Waals surface area contributed by atoms with Crippen LogP contribution in [0.2, 0.25) is 0 Å². The molecule has 7 aromatic rings. The number of nitrogens with one attached hydrogen (secondary N) is 2. The fraction of sp³-hybridized carbons (Fsp3) is 0.153. The first-order chi connectivity index (χ1) is 38.2. The number of rotatable bonds is 19. The molecule has 1 fully saturated rings. The highest BCUT2D eigenvalue weighted by molar-refractivity contribution is 8.02. The summed E-state index contributed by atoms with van der Waals surface area (Å²) in [7, 11) is -4.87. The van der Waals surface area contributed by atoms with Crippen LogP contribution in [0.15, 0.2) is 234 Å². The second-order valence-electron chi connectivity index (χ2n) is 18.0. The predicted octanol–water partition coefficient (Wildman–Crippen LogP) is 9.93. The van der Waals surface area contributed by atoms with E-state index in [4.69, 9.17) is 19.5 Å². The van der Waals surface area contributed by atoms with E-state index in [9.17, 15) is 31.2 Å². The Kier molecular flexibility index (Phi) is 15.7. The molecule has 3 heterocycles. The summed E-state index contributed by atoms with van der Waals surface area (Å²) in [6, 6.07) is 62.3. The first kappa shape index (κ1) is 54.1. The van der Waals surface area contributed by atoms with E-state index in [1.807, 2.05) is 182 Å². The van der Waals surface area contributed by atoms with E-state index in [0.29, 0.717) is 28.0 Å². The molecule has 20 heteroatoms. The van der Waals surface area contributed by atoms with E-state index in [1.165, 1.54) is 18.9 Å². The Bertz CT molecular complexity index is 3340.